The summed E-state index contributed by atoms with van der Waals surface area (Å²) >= 11 is 0. The van der Waals surface area contributed by atoms with Crippen molar-refractivity contribution in [2.24, 2.45) is 0 Å². The van der Waals surface area contributed by atoms with Crippen molar-refractivity contribution in [1.82, 2.24) is 5.32 Å². The molecule has 0 aliphatic rings. The summed E-state index contributed by atoms with van der Waals surface area (Å²) in [5.41, 5.74) is 3.92. The molecule has 0 heterocycles. The van der Waals surface area contributed by atoms with Crippen LogP contribution in [0.1, 0.15) is 25.0 Å². The molecule has 1 aromatic carbocycles. The fourth-order valence-electron chi connectivity index (χ4n) is 1.70. The fraction of sp³-hybridized carbons (Fsp3) is 0.538. The Hall–Kier alpha value is -1.02. The van der Waals surface area contributed by atoms with Gasteiger partial charge in [-0.3, -0.25) is 0 Å². The van der Waals surface area contributed by atoms with Crippen LogP contribution >= 0.6 is 0 Å². The zero-order chi connectivity index (χ0) is 11.3. The maximum Gasteiger partial charge on any atom is 0.0402 e. The maximum atomic E-state index is 3.55. The predicted octanol–water partition coefficient (Wildman–Crippen LogP) is 2.71. The van der Waals surface area contributed by atoms with E-state index in [0.29, 0.717) is 6.04 Å². The van der Waals surface area contributed by atoms with Gasteiger partial charge in [-0.2, -0.15) is 0 Å². The third-order valence-electron chi connectivity index (χ3n) is 2.57. The topological polar surface area (TPSA) is 24.1 Å². The van der Waals surface area contributed by atoms with E-state index in [1.165, 1.54) is 16.8 Å². The minimum atomic E-state index is 0.463. The second-order valence-corrected chi connectivity index (χ2v) is 4.12. The molecule has 0 radical (unpaired) electrons. The number of para-hydroxylation sites is 1. The molecule has 0 saturated heterocycles. The lowest BCUT2D eigenvalue weighted by Gasteiger charge is -2.19. The molecule has 0 bridgehead atoms. The van der Waals surface area contributed by atoms with Gasteiger partial charge in [-0.05, 0) is 38.4 Å². The molecule has 0 saturated carbocycles. The van der Waals surface area contributed by atoms with Crippen LogP contribution in [-0.4, -0.2) is 19.1 Å². The number of hydrogen-bond donors (Lipinski definition) is 2. The fourth-order valence-corrected chi connectivity index (χ4v) is 1.70. The number of nitrogens with one attached hydrogen (secondary N) is 2. The first kappa shape index (κ1) is 12.1. The normalized spacial score (nSPS) is 12.5. The van der Waals surface area contributed by atoms with Gasteiger partial charge in [0.25, 0.3) is 0 Å². The van der Waals surface area contributed by atoms with Gasteiger partial charge in [0.05, 0.1) is 0 Å². The van der Waals surface area contributed by atoms with Crippen molar-refractivity contribution in [3.8, 4) is 0 Å². The third-order valence-corrected chi connectivity index (χ3v) is 2.57. The molecule has 2 N–H and O–H groups in total. The molecule has 2 heteroatoms. The van der Waals surface area contributed by atoms with Gasteiger partial charge in [0.2, 0.25) is 0 Å². The highest BCUT2D eigenvalue weighted by atomic mass is 15.0. The molecule has 84 valence electrons. The zero-order valence-corrected chi connectivity index (χ0v) is 10.2. The van der Waals surface area contributed by atoms with Crippen molar-refractivity contribution in [2.75, 3.05) is 18.4 Å². The van der Waals surface area contributed by atoms with Crippen LogP contribution in [0.3, 0.4) is 0 Å². The molecular formula is C13H22N2. The molecule has 0 aliphatic carbocycles. The predicted molar refractivity (Wildman–Crippen MR) is 67.5 cm³/mol. The average Bonchev–Trinajstić information content (AvgIpc) is 2.21. The van der Waals surface area contributed by atoms with Crippen LogP contribution in [0.2, 0.25) is 0 Å². The highest BCUT2D eigenvalue weighted by Gasteiger charge is 2.05. The Labute approximate surface area is 93.1 Å². The van der Waals surface area contributed by atoms with E-state index < -0.39 is 0 Å². The van der Waals surface area contributed by atoms with Gasteiger partial charge in [-0.1, -0.05) is 25.1 Å². The summed E-state index contributed by atoms with van der Waals surface area (Å²) in [4.78, 5) is 0. The Bertz CT molecular complexity index is 287. The Morgan fingerprint density at radius 3 is 2.33 bits per heavy atom. The van der Waals surface area contributed by atoms with E-state index in [2.05, 4.69) is 56.5 Å². The van der Waals surface area contributed by atoms with E-state index in [1.54, 1.807) is 0 Å². The summed E-state index contributed by atoms with van der Waals surface area (Å²) in [6, 6.07) is 6.86. The molecule has 2 nitrogen and oxygen atoms in total. The molecule has 0 aromatic heterocycles. The van der Waals surface area contributed by atoms with Gasteiger partial charge in [0, 0.05) is 18.3 Å². The second-order valence-electron chi connectivity index (χ2n) is 4.12. The maximum absolute atomic E-state index is 3.55. The van der Waals surface area contributed by atoms with Gasteiger partial charge >= 0.3 is 0 Å². The smallest absolute Gasteiger partial charge is 0.0402 e. The molecule has 15 heavy (non-hydrogen) atoms. The molecule has 1 unspecified atom stereocenters. The Morgan fingerprint density at radius 2 is 1.80 bits per heavy atom. The van der Waals surface area contributed by atoms with Crippen molar-refractivity contribution in [3.63, 3.8) is 0 Å². The number of hydrogen-bond acceptors (Lipinski definition) is 2. The number of likely N-dealkylation sites (N-methyl/N-ethyl adjacent to an activating group) is 1. The van der Waals surface area contributed by atoms with Crippen molar-refractivity contribution in [3.05, 3.63) is 29.3 Å². The molecule has 1 rings (SSSR count). The Kier molecular flexibility index (Phi) is 4.63. The van der Waals surface area contributed by atoms with Crippen molar-refractivity contribution >= 4 is 5.69 Å². The lowest BCUT2D eigenvalue weighted by atomic mass is 10.1. The molecular weight excluding hydrogens is 184 g/mol. The second kappa shape index (κ2) is 5.76. The summed E-state index contributed by atoms with van der Waals surface area (Å²) in [6.45, 7) is 10.7. The quantitative estimate of drug-likeness (QED) is 0.774. The molecule has 0 aliphatic heterocycles. The van der Waals surface area contributed by atoms with Crippen LogP contribution in [0.4, 0.5) is 5.69 Å². The van der Waals surface area contributed by atoms with Crippen molar-refractivity contribution in [2.45, 2.75) is 33.7 Å². The van der Waals surface area contributed by atoms with Crippen LogP contribution in [0.25, 0.3) is 0 Å². The third kappa shape index (κ3) is 3.56. The van der Waals surface area contributed by atoms with Crippen LogP contribution in [0, 0.1) is 13.8 Å². The van der Waals surface area contributed by atoms with Gasteiger partial charge in [0.1, 0.15) is 0 Å². The summed E-state index contributed by atoms with van der Waals surface area (Å²) in [5, 5.41) is 6.90. The van der Waals surface area contributed by atoms with Crippen LogP contribution in [0.15, 0.2) is 18.2 Å². The minimum Gasteiger partial charge on any atom is -0.381 e. The number of rotatable bonds is 5. The molecule has 1 aromatic rings. The number of benzene rings is 1. The van der Waals surface area contributed by atoms with Crippen LogP contribution in [0.5, 0.6) is 0 Å². The molecule has 0 amide bonds. The van der Waals surface area contributed by atoms with E-state index in [-0.39, 0.29) is 0 Å². The highest BCUT2D eigenvalue weighted by molar-refractivity contribution is 5.57. The molecule has 0 spiro atoms. The summed E-state index contributed by atoms with van der Waals surface area (Å²) in [5.74, 6) is 0. The van der Waals surface area contributed by atoms with Gasteiger partial charge in [0.15, 0.2) is 0 Å². The number of aryl methyl sites for hydroxylation is 2. The first-order valence-electron chi connectivity index (χ1n) is 5.68. The van der Waals surface area contributed by atoms with Gasteiger partial charge in [-0.25, -0.2) is 0 Å². The van der Waals surface area contributed by atoms with E-state index >= 15 is 0 Å². The van der Waals surface area contributed by atoms with Gasteiger partial charge < -0.3 is 10.6 Å². The van der Waals surface area contributed by atoms with Crippen molar-refractivity contribution < 1.29 is 0 Å². The monoisotopic (exact) mass is 206 g/mol. The largest absolute Gasteiger partial charge is 0.381 e. The number of anilines is 1. The lowest BCUT2D eigenvalue weighted by molar-refractivity contribution is 0.653. The van der Waals surface area contributed by atoms with Gasteiger partial charge in [-0.15, -0.1) is 0 Å². The summed E-state index contributed by atoms with van der Waals surface area (Å²) in [7, 11) is 0. The minimum absolute atomic E-state index is 0.463. The van der Waals surface area contributed by atoms with Crippen LogP contribution in [-0.2, 0) is 0 Å². The van der Waals surface area contributed by atoms with E-state index in [0.717, 1.165) is 13.1 Å². The SMILES string of the molecule is CCNCC(C)Nc1c(C)cccc1C. The van der Waals surface area contributed by atoms with E-state index in [1.807, 2.05) is 0 Å². The van der Waals surface area contributed by atoms with Crippen LogP contribution < -0.4 is 10.6 Å². The summed E-state index contributed by atoms with van der Waals surface area (Å²) in [6.07, 6.45) is 0. The van der Waals surface area contributed by atoms with E-state index in [4.69, 9.17) is 0 Å². The first-order valence-corrected chi connectivity index (χ1v) is 5.68. The van der Waals surface area contributed by atoms with Crippen molar-refractivity contribution in [1.29, 1.82) is 0 Å². The molecule has 0 fully saturated rings. The lowest BCUT2D eigenvalue weighted by Crippen LogP contribution is -2.30. The Morgan fingerprint density at radius 1 is 1.20 bits per heavy atom. The highest BCUT2D eigenvalue weighted by Crippen LogP contribution is 2.19. The Balaban J connectivity index is 2.63. The molecule has 1 atom stereocenters. The first-order chi connectivity index (χ1) is 7.15. The van der Waals surface area contributed by atoms with E-state index in [9.17, 15) is 0 Å². The summed E-state index contributed by atoms with van der Waals surface area (Å²) < 4.78 is 0. The zero-order valence-electron chi connectivity index (χ0n) is 10.2. The average molecular weight is 206 g/mol. The standard InChI is InChI=1S/C13H22N2/c1-5-14-9-12(4)15-13-10(2)7-6-8-11(13)3/h6-8,12,14-15H,5,9H2,1-4H3.